The van der Waals surface area contributed by atoms with Gasteiger partial charge in [-0.25, -0.2) is 0 Å². The average Bonchev–Trinajstić information content (AvgIpc) is 3.01. The molecule has 156 valence electrons. The standard InChI is InChI=1S/C22H21NO7/c1-28-8-7-23-19(13-3-2-4-15(24)11-13)18(21(26)22(23)27)20(25)14-5-6-16-17(12-14)30-10-9-29-16/h2-6,11-12,19,24-25H,7-10H2,1H3/t19-/m0/s1. The zero-order chi connectivity index (χ0) is 21.3. The lowest BCUT2D eigenvalue weighted by molar-refractivity contribution is -0.140. The molecule has 2 aromatic rings. The number of hydrogen-bond acceptors (Lipinski definition) is 7. The fraction of sp³-hybridized carbons (Fsp3) is 0.273. The van der Waals surface area contributed by atoms with Crippen LogP contribution in [0.1, 0.15) is 17.2 Å². The number of fused-ring (bicyclic) bond motifs is 1. The number of hydrogen-bond donors (Lipinski definition) is 2. The Morgan fingerprint density at radius 3 is 2.63 bits per heavy atom. The van der Waals surface area contributed by atoms with Crippen LogP contribution in [0, 0.1) is 0 Å². The van der Waals surface area contributed by atoms with Crippen LogP contribution in [0.5, 0.6) is 17.2 Å². The molecule has 2 aliphatic rings. The van der Waals surface area contributed by atoms with Gasteiger partial charge in [-0.3, -0.25) is 9.59 Å². The number of aromatic hydroxyl groups is 1. The lowest BCUT2D eigenvalue weighted by Crippen LogP contribution is -2.32. The molecule has 0 spiro atoms. The third-order valence-electron chi connectivity index (χ3n) is 5.08. The van der Waals surface area contributed by atoms with E-state index in [-0.39, 0.29) is 30.2 Å². The van der Waals surface area contributed by atoms with E-state index in [2.05, 4.69) is 0 Å². The fourth-order valence-corrected chi connectivity index (χ4v) is 3.69. The Morgan fingerprint density at radius 1 is 1.13 bits per heavy atom. The largest absolute Gasteiger partial charge is 0.508 e. The first-order chi connectivity index (χ1) is 14.5. The summed E-state index contributed by atoms with van der Waals surface area (Å²) in [5.74, 6) is -0.871. The summed E-state index contributed by atoms with van der Waals surface area (Å²) in [5.41, 5.74) is 0.775. The molecular formula is C22H21NO7. The van der Waals surface area contributed by atoms with E-state index in [1.54, 1.807) is 30.3 Å². The van der Waals surface area contributed by atoms with Crippen LogP contribution in [0.3, 0.4) is 0 Å². The van der Waals surface area contributed by atoms with Crippen molar-refractivity contribution < 1.29 is 34.0 Å². The lowest BCUT2D eigenvalue weighted by atomic mass is 9.95. The van der Waals surface area contributed by atoms with E-state index in [1.807, 2.05) is 0 Å². The molecule has 0 bridgehead atoms. The number of benzene rings is 2. The van der Waals surface area contributed by atoms with Crippen molar-refractivity contribution >= 4 is 17.4 Å². The first-order valence-corrected chi connectivity index (χ1v) is 9.47. The summed E-state index contributed by atoms with van der Waals surface area (Å²) in [4.78, 5) is 26.9. The number of ether oxygens (including phenoxy) is 3. The molecular weight excluding hydrogens is 390 g/mol. The minimum absolute atomic E-state index is 0.0100. The van der Waals surface area contributed by atoms with Gasteiger partial charge in [0.25, 0.3) is 11.7 Å². The van der Waals surface area contributed by atoms with E-state index < -0.39 is 17.7 Å². The molecule has 1 atom stereocenters. The second-order valence-corrected chi connectivity index (χ2v) is 6.94. The van der Waals surface area contributed by atoms with Crippen molar-refractivity contribution in [1.82, 2.24) is 4.90 Å². The summed E-state index contributed by atoms with van der Waals surface area (Å²) in [7, 11) is 1.50. The smallest absolute Gasteiger partial charge is 0.295 e. The van der Waals surface area contributed by atoms with E-state index in [0.29, 0.717) is 35.8 Å². The molecule has 0 saturated carbocycles. The molecule has 8 nitrogen and oxygen atoms in total. The number of carbonyl (C=O) groups excluding carboxylic acids is 2. The molecule has 1 amide bonds. The highest BCUT2D eigenvalue weighted by Crippen LogP contribution is 2.41. The Bertz CT molecular complexity index is 1030. The van der Waals surface area contributed by atoms with Crippen LogP contribution < -0.4 is 9.47 Å². The minimum atomic E-state index is -0.861. The topological polar surface area (TPSA) is 106 Å². The van der Waals surface area contributed by atoms with Gasteiger partial charge in [-0.1, -0.05) is 12.1 Å². The molecule has 0 unspecified atom stereocenters. The summed E-state index contributed by atoms with van der Waals surface area (Å²) < 4.78 is 16.1. The molecule has 2 aliphatic heterocycles. The first kappa shape index (κ1) is 19.8. The zero-order valence-electron chi connectivity index (χ0n) is 16.3. The summed E-state index contributed by atoms with van der Waals surface area (Å²) >= 11 is 0. The molecule has 4 rings (SSSR count). The van der Waals surface area contributed by atoms with Gasteiger partial charge < -0.3 is 29.3 Å². The molecule has 2 N–H and O–H groups in total. The van der Waals surface area contributed by atoms with Crippen molar-refractivity contribution in [2.24, 2.45) is 0 Å². The number of carbonyl (C=O) groups is 2. The number of Topliss-reactive ketones (excluding diaryl/α,β-unsaturated/α-hetero) is 1. The lowest BCUT2D eigenvalue weighted by Gasteiger charge is -2.25. The van der Waals surface area contributed by atoms with Gasteiger partial charge in [-0.2, -0.15) is 0 Å². The molecule has 1 saturated heterocycles. The van der Waals surface area contributed by atoms with Gasteiger partial charge in [-0.05, 0) is 35.9 Å². The summed E-state index contributed by atoms with van der Waals surface area (Å²) in [6.07, 6.45) is 0. The van der Waals surface area contributed by atoms with Gasteiger partial charge in [0.2, 0.25) is 0 Å². The van der Waals surface area contributed by atoms with Gasteiger partial charge in [0.05, 0.1) is 18.2 Å². The third kappa shape index (κ3) is 3.46. The molecule has 2 aromatic carbocycles. The SMILES string of the molecule is COCCN1C(=O)C(=O)C(=C(O)c2ccc3c(c2)OCCO3)[C@@H]1c1cccc(O)c1. The Labute approximate surface area is 172 Å². The highest BCUT2D eigenvalue weighted by molar-refractivity contribution is 6.46. The van der Waals surface area contributed by atoms with Crippen molar-refractivity contribution in [2.45, 2.75) is 6.04 Å². The van der Waals surface area contributed by atoms with Gasteiger partial charge in [-0.15, -0.1) is 0 Å². The first-order valence-electron chi connectivity index (χ1n) is 9.47. The molecule has 0 aromatic heterocycles. The highest BCUT2D eigenvalue weighted by atomic mass is 16.6. The fourth-order valence-electron chi connectivity index (χ4n) is 3.69. The molecule has 30 heavy (non-hydrogen) atoms. The van der Waals surface area contributed by atoms with Crippen molar-refractivity contribution in [3.8, 4) is 17.2 Å². The van der Waals surface area contributed by atoms with E-state index in [4.69, 9.17) is 14.2 Å². The monoisotopic (exact) mass is 411 g/mol. The van der Waals surface area contributed by atoms with E-state index in [0.717, 1.165) is 0 Å². The van der Waals surface area contributed by atoms with Crippen LogP contribution in [0.2, 0.25) is 0 Å². The number of likely N-dealkylation sites (tertiary alicyclic amines) is 1. The van der Waals surface area contributed by atoms with Gasteiger partial charge in [0.1, 0.15) is 24.7 Å². The number of aliphatic hydroxyl groups excluding tert-OH is 1. The molecule has 0 radical (unpaired) electrons. The number of rotatable bonds is 5. The number of amides is 1. The maximum absolute atomic E-state index is 12.9. The number of aliphatic hydroxyl groups is 1. The Morgan fingerprint density at radius 2 is 1.90 bits per heavy atom. The van der Waals surface area contributed by atoms with E-state index in [1.165, 1.54) is 24.1 Å². The van der Waals surface area contributed by atoms with Crippen LogP contribution >= 0.6 is 0 Å². The van der Waals surface area contributed by atoms with Crippen LogP contribution in [-0.4, -0.2) is 60.3 Å². The minimum Gasteiger partial charge on any atom is -0.508 e. The average molecular weight is 411 g/mol. The second-order valence-electron chi connectivity index (χ2n) is 6.94. The number of phenols is 1. The molecule has 0 aliphatic carbocycles. The van der Waals surface area contributed by atoms with E-state index in [9.17, 15) is 19.8 Å². The number of nitrogens with zero attached hydrogens (tertiary/aromatic N) is 1. The maximum atomic E-state index is 12.9. The summed E-state index contributed by atoms with van der Waals surface area (Å²) in [5, 5.41) is 21.0. The summed E-state index contributed by atoms with van der Waals surface area (Å²) in [6.45, 7) is 1.17. The Balaban J connectivity index is 1.84. The van der Waals surface area contributed by atoms with Crippen LogP contribution in [0.15, 0.2) is 48.0 Å². The predicted octanol–water partition coefficient (Wildman–Crippen LogP) is 2.23. The molecule has 1 fully saturated rings. The van der Waals surface area contributed by atoms with Gasteiger partial charge in [0.15, 0.2) is 11.5 Å². The maximum Gasteiger partial charge on any atom is 0.295 e. The number of ketones is 1. The zero-order valence-corrected chi connectivity index (χ0v) is 16.3. The predicted molar refractivity (Wildman–Crippen MR) is 106 cm³/mol. The van der Waals surface area contributed by atoms with E-state index >= 15 is 0 Å². The van der Waals surface area contributed by atoms with Gasteiger partial charge in [0, 0.05) is 19.2 Å². The van der Waals surface area contributed by atoms with Crippen molar-refractivity contribution in [3.05, 3.63) is 59.2 Å². The number of methoxy groups -OCH3 is 1. The van der Waals surface area contributed by atoms with Crippen molar-refractivity contribution in [2.75, 3.05) is 33.5 Å². The van der Waals surface area contributed by atoms with Gasteiger partial charge >= 0.3 is 0 Å². The normalized spacial score (nSPS) is 19.9. The van der Waals surface area contributed by atoms with Crippen LogP contribution in [0.25, 0.3) is 5.76 Å². The molecule has 8 heteroatoms. The third-order valence-corrected chi connectivity index (χ3v) is 5.08. The molecule has 2 heterocycles. The van der Waals surface area contributed by atoms with Crippen molar-refractivity contribution in [1.29, 1.82) is 0 Å². The number of phenolic OH excluding ortho intramolecular Hbond substituents is 1. The Hall–Kier alpha value is -3.52. The Kier molecular flexibility index (Phi) is 5.33. The summed E-state index contributed by atoms with van der Waals surface area (Å²) in [6, 6.07) is 10.2. The van der Waals surface area contributed by atoms with Crippen LogP contribution in [-0.2, 0) is 14.3 Å². The second kappa shape index (κ2) is 8.08. The van der Waals surface area contributed by atoms with Crippen LogP contribution in [0.4, 0.5) is 0 Å². The quantitative estimate of drug-likeness (QED) is 0.442. The highest BCUT2D eigenvalue weighted by Gasteiger charge is 2.46. The van der Waals surface area contributed by atoms with Crippen molar-refractivity contribution in [3.63, 3.8) is 0 Å².